The maximum atomic E-state index is 11.6. The lowest BCUT2D eigenvalue weighted by atomic mass is 9.86. The number of nitrogens with two attached hydrogens (primary N) is 2. The Bertz CT molecular complexity index is 382. The molecule has 1 amide bonds. The van der Waals surface area contributed by atoms with Gasteiger partial charge in [0.05, 0.1) is 5.92 Å². The molecule has 0 spiro atoms. The van der Waals surface area contributed by atoms with Crippen LogP contribution in [0.25, 0.3) is 0 Å². The summed E-state index contributed by atoms with van der Waals surface area (Å²) >= 11 is 0. The van der Waals surface area contributed by atoms with E-state index in [2.05, 4.69) is 5.32 Å². The molecular formula is C13H19N3O. The highest BCUT2D eigenvalue weighted by atomic mass is 16.1. The number of rotatable bonds is 3. The van der Waals surface area contributed by atoms with Gasteiger partial charge >= 0.3 is 0 Å². The van der Waals surface area contributed by atoms with Gasteiger partial charge in [-0.25, -0.2) is 0 Å². The van der Waals surface area contributed by atoms with Gasteiger partial charge in [-0.2, -0.15) is 0 Å². The fourth-order valence-corrected chi connectivity index (χ4v) is 2.46. The summed E-state index contributed by atoms with van der Waals surface area (Å²) in [6.07, 6.45) is 3.32. The van der Waals surface area contributed by atoms with Gasteiger partial charge in [-0.05, 0) is 37.1 Å². The van der Waals surface area contributed by atoms with Gasteiger partial charge in [0.15, 0.2) is 0 Å². The van der Waals surface area contributed by atoms with E-state index in [0.717, 1.165) is 24.9 Å². The molecule has 0 unspecified atom stereocenters. The maximum absolute atomic E-state index is 11.6. The topological polar surface area (TPSA) is 81.1 Å². The van der Waals surface area contributed by atoms with E-state index >= 15 is 0 Å². The standard InChI is InChI=1S/C13H19N3O/c14-10-6-4-9(5-7-10)12(13(15)17)11-3-1-2-8-16-11/h4-7,11-12,16H,1-3,8,14H2,(H2,15,17)/t11-,12+/m1/s1. The van der Waals surface area contributed by atoms with Crippen LogP contribution in [0.3, 0.4) is 0 Å². The zero-order chi connectivity index (χ0) is 12.3. The minimum absolute atomic E-state index is 0.157. The highest BCUT2D eigenvalue weighted by Gasteiger charge is 2.28. The Labute approximate surface area is 101 Å². The molecule has 4 heteroatoms. The van der Waals surface area contributed by atoms with Crippen LogP contribution in [0.5, 0.6) is 0 Å². The van der Waals surface area contributed by atoms with Crippen LogP contribution in [0.4, 0.5) is 5.69 Å². The number of primary amides is 1. The van der Waals surface area contributed by atoms with Crippen molar-refractivity contribution in [3.63, 3.8) is 0 Å². The molecule has 1 heterocycles. The Balaban J connectivity index is 2.21. The molecule has 1 aliphatic rings. The molecule has 2 rings (SSSR count). The van der Waals surface area contributed by atoms with Crippen LogP contribution in [0.1, 0.15) is 30.7 Å². The maximum Gasteiger partial charge on any atom is 0.226 e. The van der Waals surface area contributed by atoms with Gasteiger partial charge in [-0.3, -0.25) is 4.79 Å². The van der Waals surface area contributed by atoms with Crippen molar-refractivity contribution in [1.82, 2.24) is 5.32 Å². The highest BCUT2D eigenvalue weighted by molar-refractivity contribution is 5.83. The lowest BCUT2D eigenvalue weighted by Gasteiger charge is -2.29. The van der Waals surface area contributed by atoms with Gasteiger partial charge in [0.25, 0.3) is 0 Å². The zero-order valence-electron chi connectivity index (χ0n) is 9.86. The van der Waals surface area contributed by atoms with Crippen molar-refractivity contribution < 1.29 is 4.79 Å². The van der Waals surface area contributed by atoms with E-state index in [4.69, 9.17) is 11.5 Å². The van der Waals surface area contributed by atoms with Crippen LogP contribution in [-0.2, 0) is 4.79 Å². The van der Waals surface area contributed by atoms with Crippen LogP contribution >= 0.6 is 0 Å². The molecule has 0 radical (unpaired) electrons. The fraction of sp³-hybridized carbons (Fsp3) is 0.462. The molecule has 1 aromatic rings. The predicted octanol–water partition coefficient (Wildman–Crippen LogP) is 0.980. The average molecular weight is 233 g/mol. The van der Waals surface area contributed by atoms with Crippen molar-refractivity contribution in [2.45, 2.75) is 31.2 Å². The van der Waals surface area contributed by atoms with E-state index in [9.17, 15) is 4.79 Å². The summed E-state index contributed by atoms with van der Waals surface area (Å²) in [5.41, 5.74) is 12.8. The summed E-state index contributed by atoms with van der Waals surface area (Å²) in [7, 11) is 0. The van der Waals surface area contributed by atoms with Crippen molar-refractivity contribution in [3.05, 3.63) is 29.8 Å². The molecule has 4 nitrogen and oxygen atoms in total. The van der Waals surface area contributed by atoms with Gasteiger partial charge in [0, 0.05) is 11.7 Å². The number of hydrogen-bond acceptors (Lipinski definition) is 3. The molecule has 1 aliphatic heterocycles. The van der Waals surface area contributed by atoms with E-state index in [-0.39, 0.29) is 17.9 Å². The van der Waals surface area contributed by atoms with Crippen molar-refractivity contribution in [1.29, 1.82) is 0 Å². The number of benzene rings is 1. The first kappa shape index (κ1) is 11.9. The van der Waals surface area contributed by atoms with Gasteiger partial charge < -0.3 is 16.8 Å². The van der Waals surface area contributed by atoms with Gasteiger partial charge in [0.2, 0.25) is 5.91 Å². The summed E-state index contributed by atoms with van der Waals surface area (Å²) in [6.45, 7) is 0.962. The van der Waals surface area contributed by atoms with Crippen LogP contribution in [0.2, 0.25) is 0 Å². The van der Waals surface area contributed by atoms with E-state index in [1.54, 1.807) is 0 Å². The lowest BCUT2D eigenvalue weighted by Crippen LogP contribution is -2.43. The highest BCUT2D eigenvalue weighted by Crippen LogP contribution is 2.25. The SMILES string of the molecule is NC(=O)[C@@H](c1ccc(N)cc1)[C@H]1CCCCN1. The first-order chi connectivity index (χ1) is 8.18. The summed E-state index contributed by atoms with van der Waals surface area (Å²) in [6, 6.07) is 7.56. The van der Waals surface area contributed by atoms with Crippen molar-refractivity contribution in [2.24, 2.45) is 5.73 Å². The number of carbonyl (C=O) groups is 1. The van der Waals surface area contributed by atoms with Gasteiger partial charge in [-0.15, -0.1) is 0 Å². The van der Waals surface area contributed by atoms with Crippen LogP contribution < -0.4 is 16.8 Å². The number of hydrogen-bond donors (Lipinski definition) is 3. The van der Waals surface area contributed by atoms with Crippen LogP contribution in [0.15, 0.2) is 24.3 Å². The average Bonchev–Trinajstić information content (AvgIpc) is 2.33. The van der Waals surface area contributed by atoms with Gasteiger partial charge in [-0.1, -0.05) is 18.6 Å². The summed E-state index contributed by atoms with van der Waals surface area (Å²) in [5, 5.41) is 3.38. The molecule has 0 aliphatic carbocycles. The summed E-state index contributed by atoms with van der Waals surface area (Å²) in [5.74, 6) is -0.523. The normalized spacial score (nSPS) is 22.0. The second kappa shape index (κ2) is 5.19. The van der Waals surface area contributed by atoms with E-state index in [0.29, 0.717) is 5.69 Å². The minimum atomic E-state index is -0.269. The molecule has 0 aromatic heterocycles. The Morgan fingerprint density at radius 1 is 1.29 bits per heavy atom. The molecular weight excluding hydrogens is 214 g/mol. The Morgan fingerprint density at radius 3 is 2.53 bits per heavy atom. The van der Waals surface area contributed by atoms with Crippen molar-refractivity contribution in [2.75, 3.05) is 12.3 Å². The third-order valence-corrected chi connectivity index (χ3v) is 3.35. The van der Waals surface area contributed by atoms with Crippen molar-refractivity contribution >= 4 is 11.6 Å². The molecule has 0 saturated carbocycles. The van der Waals surface area contributed by atoms with Crippen molar-refractivity contribution in [3.8, 4) is 0 Å². The van der Waals surface area contributed by atoms with Crippen LogP contribution in [0, 0.1) is 0 Å². The second-order valence-electron chi connectivity index (χ2n) is 4.60. The molecule has 5 N–H and O–H groups in total. The summed E-state index contributed by atoms with van der Waals surface area (Å²) in [4.78, 5) is 11.6. The van der Waals surface area contributed by atoms with E-state index in [1.807, 2.05) is 24.3 Å². The second-order valence-corrected chi connectivity index (χ2v) is 4.60. The largest absolute Gasteiger partial charge is 0.399 e. The third kappa shape index (κ3) is 2.77. The quantitative estimate of drug-likeness (QED) is 0.681. The molecule has 92 valence electrons. The molecule has 1 saturated heterocycles. The molecule has 1 fully saturated rings. The molecule has 17 heavy (non-hydrogen) atoms. The lowest BCUT2D eigenvalue weighted by molar-refractivity contribution is -0.120. The Kier molecular flexibility index (Phi) is 3.64. The molecule has 2 atom stereocenters. The Hall–Kier alpha value is -1.55. The number of amides is 1. The van der Waals surface area contributed by atoms with Crippen LogP contribution in [-0.4, -0.2) is 18.5 Å². The number of nitrogens with one attached hydrogen (secondary N) is 1. The van der Waals surface area contributed by atoms with Gasteiger partial charge in [0.1, 0.15) is 0 Å². The number of piperidine rings is 1. The molecule has 1 aromatic carbocycles. The smallest absolute Gasteiger partial charge is 0.226 e. The van der Waals surface area contributed by atoms with E-state index < -0.39 is 0 Å². The van der Waals surface area contributed by atoms with E-state index in [1.165, 1.54) is 6.42 Å². The Morgan fingerprint density at radius 2 is 2.00 bits per heavy atom. The minimum Gasteiger partial charge on any atom is -0.399 e. The predicted molar refractivity (Wildman–Crippen MR) is 68.4 cm³/mol. The molecule has 0 bridgehead atoms. The third-order valence-electron chi connectivity index (χ3n) is 3.35. The number of anilines is 1. The first-order valence-corrected chi connectivity index (χ1v) is 6.06. The number of nitrogen functional groups attached to an aromatic ring is 1. The fourth-order valence-electron chi connectivity index (χ4n) is 2.46. The monoisotopic (exact) mass is 233 g/mol. The summed E-state index contributed by atoms with van der Waals surface area (Å²) < 4.78 is 0. The number of carbonyl (C=O) groups excluding carboxylic acids is 1. The zero-order valence-corrected chi connectivity index (χ0v) is 9.86. The first-order valence-electron chi connectivity index (χ1n) is 6.06.